The first-order valence-electron chi connectivity index (χ1n) is 8.06. The van der Waals surface area contributed by atoms with Gasteiger partial charge in [0.1, 0.15) is 12.6 Å². The number of para-hydroxylation sites is 1. The van der Waals surface area contributed by atoms with Crippen molar-refractivity contribution in [3.63, 3.8) is 0 Å². The Hall–Kier alpha value is -1.23. The number of halogens is 2. The predicted octanol–water partition coefficient (Wildman–Crippen LogP) is 2.20. The van der Waals surface area contributed by atoms with E-state index in [4.69, 9.17) is 4.74 Å². The zero-order chi connectivity index (χ0) is 18.7. The summed E-state index contributed by atoms with van der Waals surface area (Å²) in [5.74, 6) is 1.20. The van der Waals surface area contributed by atoms with Crippen molar-refractivity contribution in [1.82, 2.24) is 15.5 Å². The van der Waals surface area contributed by atoms with Crippen LogP contribution in [0.25, 0.3) is 0 Å². The fourth-order valence-electron chi connectivity index (χ4n) is 1.77. The van der Waals surface area contributed by atoms with Crippen molar-refractivity contribution in [1.29, 1.82) is 0 Å². The molecule has 1 aromatic carbocycles. The van der Waals surface area contributed by atoms with Crippen LogP contribution in [0.15, 0.2) is 29.3 Å². The average molecular weight is 498 g/mol. The Morgan fingerprint density at radius 2 is 2.04 bits per heavy atom. The van der Waals surface area contributed by atoms with Crippen LogP contribution in [0.2, 0.25) is 0 Å². The molecule has 0 radical (unpaired) electrons. The second-order valence-corrected chi connectivity index (χ2v) is 6.60. The Kier molecular flexibility index (Phi) is 13.2. The third kappa shape index (κ3) is 10.0. The first-order valence-corrected chi connectivity index (χ1v) is 9.46. The van der Waals surface area contributed by atoms with Gasteiger partial charge in [0.15, 0.2) is 17.5 Å². The Morgan fingerprint density at radius 3 is 2.65 bits per heavy atom. The minimum absolute atomic E-state index is 0. The van der Waals surface area contributed by atoms with Crippen molar-refractivity contribution in [2.24, 2.45) is 4.99 Å². The molecule has 0 fully saturated rings. The van der Waals surface area contributed by atoms with Gasteiger partial charge in [-0.15, -0.1) is 24.0 Å². The molecule has 6 nitrogen and oxygen atoms in total. The van der Waals surface area contributed by atoms with Crippen LogP contribution in [0.1, 0.15) is 6.92 Å². The summed E-state index contributed by atoms with van der Waals surface area (Å²) in [5, 5.41) is 6.29. The van der Waals surface area contributed by atoms with Crippen molar-refractivity contribution in [2.75, 3.05) is 45.7 Å². The minimum atomic E-state index is -0.391. The van der Waals surface area contributed by atoms with Gasteiger partial charge >= 0.3 is 0 Å². The van der Waals surface area contributed by atoms with Crippen LogP contribution in [-0.4, -0.2) is 68.6 Å². The summed E-state index contributed by atoms with van der Waals surface area (Å²) < 4.78 is 19.2. The van der Waals surface area contributed by atoms with Gasteiger partial charge in [0.05, 0.1) is 6.54 Å². The zero-order valence-electron chi connectivity index (χ0n) is 15.6. The van der Waals surface area contributed by atoms with Crippen molar-refractivity contribution in [3.8, 4) is 5.75 Å². The van der Waals surface area contributed by atoms with Crippen LogP contribution in [-0.2, 0) is 4.79 Å². The number of nitrogens with one attached hydrogen (secondary N) is 2. The quantitative estimate of drug-likeness (QED) is 0.237. The molecular formula is C17H28FIN4O2S. The molecule has 0 aliphatic rings. The highest BCUT2D eigenvalue weighted by Gasteiger charge is 2.10. The Balaban J connectivity index is 0.00000625. The van der Waals surface area contributed by atoms with Gasteiger partial charge in [-0.3, -0.25) is 4.79 Å². The highest BCUT2D eigenvalue weighted by atomic mass is 127. The molecule has 2 N–H and O–H groups in total. The van der Waals surface area contributed by atoms with E-state index >= 15 is 0 Å². The highest BCUT2D eigenvalue weighted by molar-refractivity contribution is 14.0. The predicted molar refractivity (Wildman–Crippen MR) is 117 cm³/mol. The topological polar surface area (TPSA) is 66.0 Å². The number of carbonyl (C=O) groups is 1. The number of guanidine groups is 1. The van der Waals surface area contributed by atoms with Crippen LogP contribution < -0.4 is 15.4 Å². The number of carbonyl (C=O) groups excluding carboxylic acids is 1. The molecule has 0 spiro atoms. The maximum atomic E-state index is 13.6. The number of hydrogen-bond donors (Lipinski definition) is 2. The molecular weight excluding hydrogens is 470 g/mol. The number of likely N-dealkylation sites (N-methyl/N-ethyl adjacent to an activating group) is 1. The van der Waals surface area contributed by atoms with Gasteiger partial charge in [-0.25, -0.2) is 9.38 Å². The number of nitrogens with zero attached hydrogens (tertiary/aromatic N) is 2. The minimum Gasteiger partial charge on any atom is -0.486 e. The van der Waals surface area contributed by atoms with Gasteiger partial charge < -0.3 is 20.3 Å². The number of benzene rings is 1. The number of aliphatic imine (C=N–C) groups is 1. The monoisotopic (exact) mass is 498 g/mol. The molecule has 1 amide bonds. The number of thioether (sulfide) groups is 1. The summed E-state index contributed by atoms with van der Waals surface area (Å²) in [6.45, 7) is 3.05. The molecule has 0 bridgehead atoms. The van der Waals surface area contributed by atoms with E-state index in [9.17, 15) is 9.18 Å². The van der Waals surface area contributed by atoms with Crippen LogP contribution in [0.4, 0.5) is 4.39 Å². The first-order chi connectivity index (χ1) is 11.9. The molecule has 1 atom stereocenters. The first kappa shape index (κ1) is 24.8. The number of hydrogen-bond acceptors (Lipinski definition) is 4. The molecule has 0 saturated heterocycles. The molecule has 0 aromatic heterocycles. The molecule has 0 aliphatic heterocycles. The van der Waals surface area contributed by atoms with Crippen LogP contribution >= 0.6 is 35.7 Å². The lowest BCUT2D eigenvalue weighted by Gasteiger charge is -2.18. The molecule has 0 heterocycles. The second-order valence-electron chi connectivity index (χ2n) is 5.61. The van der Waals surface area contributed by atoms with Gasteiger partial charge in [0.25, 0.3) is 0 Å². The third-order valence-corrected chi connectivity index (χ3v) is 3.80. The molecule has 1 rings (SSSR count). The standard InChI is InChI=1S/C17H27FN4O2S.HI/c1-13(24-15-8-6-5-7-14(15)18)11-20-17(19-9-10-25-4)21-12-16(23)22(2)3;/h5-8,13H,9-12H2,1-4H3,(H2,19,20,21);1H. The molecule has 0 saturated carbocycles. The fourth-order valence-corrected chi connectivity index (χ4v) is 2.08. The van der Waals surface area contributed by atoms with E-state index in [2.05, 4.69) is 15.6 Å². The SMILES string of the molecule is CSCCNC(=NCC(=O)N(C)C)NCC(C)Oc1ccccc1F.I. The van der Waals surface area contributed by atoms with Crippen molar-refractivity contribution < 1.29 is 13.9 Å². The summed E-state index contributed by atoms with van der Waals surface area (Å²) in [7, 11) is 3.38. The van der Waals surface area contributed by atoms with E-state index in [1.807, 2.05) is 13.2 Å². The fraction of sp³-hybridized carbons (Fsp3) is 0.529. The molecule has 1 aromatic rings. The zero-order valence-corrected chi connectivity index (χ0v) is 18.8. The van der Waals surface area contributed by atoms with Crippen LogP contribution in [0, 0.1) is 5.82 Å². The molecule has 148 valence electrons. The molecule has 9 heteroatoms. The van der Waals surface area contributed by atoms with Gasteiger partial charge in [-0.05, 0) is 25.3 Å². The van der Waals surface area contributed by atoms with E-state index in [1.165, 1.54) is 11.0 Å². The Morgan fingerprint density at radius 1 is 1.35 bits per heavy atom. The summed E-state index contributed by atoms with van der Waals surface area (Å²) >= 11 is 1.71. The second kappa shape index (κ2) is 13.9. The third-order valence-electron chi connectivity index (χ3n) is 3.19. The van der Waals surface area contributed by atoms with Gasteiger partial charge in [-0.1, -0.05) is 12.1 Å². The lowest BCUT2D eigenvalue weighted by molar-refractivity contribution is -0.127. The van der Waals surface area contributed by atoms with E-state index in [0.29, 0.717) is 12.5 Å². The molecule has 26 heavy (non-hydrogen) atoms. The summed E-state index contributed by atoms with van der Waals surface area (Å²) in [5.41, 5.74) is 0. The summed E-state index contributed by atoms with van der Waals surface area (Å²) in [6.07, 6.45) is 1.75. The van der Waals surface area contributed by atoms with E-state index in [-0.39, 0.29) is 48.3 Å². The number of amides is 1. The number of ether oxygens (including phenoxy) is 1. The van der Waals surface area contributed by atoms with Gasteiger partial charge in [-0.2, -0.15) is 11.8 Å². The molecule has 1 unspecified atom stereocenters. The highest BCUT2D eigenvalue weighted by Crippen LogP contribution is 2.16. The average Bonchev–Trinajstić information content (AvgIpc) is 2.58. The normalized spacial score (nSPS) is 12.0. The largest absolute Gasteiger partial charge is 0.486 e. The lowest BCUT2D eigenvalue weighted by Crippen LogP contribution is -2.43. The maximum absolute atomic E-state index is 13.6. The summed E-state index contributed by atoms with van der Waals surface area (Å²) in [6, 6.07) is 6.29. The van der Waals surface area contributed by atoms with Crippen molar-refractivity contribution in [2.45, 2.75) is 13.0 Å². The van der Waals surface area contributed by atoms with Crippen LogP contribution in [0.5, 0.6) is 5.75 Å². The van der Waals surface area contributed by atoms with Crippen LogP contribution in [0.3, 0.4) is 0 Å². The van der Waals surface area contributed by atoms with E-state index in [0.717, 1.165) is 12.3 Å². The van der Waals surface area contributed by atoms with E-state index in [1.54, 1.807) is 44.1 Å². The summed E-state index contributed by atoms with van der Waals surface area (Å²) in [4.78, 5) is 17.5. The van der Waals surface area contributed by atoms with Crippen molar-refractivity contribution in [3.05, 3.63) is 30.1 Å². The lowest BCUT2D eigenvalue weighted by atomic mass is 10.3. The Labute approximate surface area is 176 Å². The van der Waals surface area contributed by atoms with E-state index < -0.39 is 5.82 Å². The Bertz CT molecular complexity index is 575. The maximum Gasteiger partial charge on any atom is 0.243 e. The van der Waals surface area contributed by atoms with Gasteiger partial charge in [0, 0.05) is 26.4 Å². The number of rotatable bonds is 9. The van der Waals surface area contributed by atoms with Gasteiger partial charge in [0.2, 0.25) is 5.91 Å². The van der Waals surface area contributed by atoms with Crippen molar-refractivity contribution >= 4 is 47.6 Å². The smallest absolute Gasteiger partial charge is 0.243 e. The molecule has 0 aliphatic carbocycles.